The van der Waals surface area contributed by atoms with Crippen LogP contribution in [0.1, 0.15) is 11.3 Å². The van der Waals surface area contributed by atoms with Crippen molar-refractivity contribution in [1.29, 1.82) is 0 Å². The monoisotopic (exact) mass is 316 g/mol. The number of aromatic nitrogens is 1. The number of rotatable bonds is 3. The molecule has 1 aromatic carbocycles. The number of pyridine rings is 1. The van der Waals surface area contributed by atoms with Crippen LogP contribution in [0.5, 0.6) is 0 Å². The number of sulfonamides is 1. The molecule has 0 spiro atoms. The van der Waals surface area contributed by atoms with Gasteiger partial charge in [0, 0.05) is 11.8 Å². The van der Waals surface area contributed by atoms with Gasteiger partial charge in [-0.15, -0.1) is 0 Å². The van der Waals surface area contributed by atoms with Crippen molar-refractivity contribution in [2.45, 2.75) is 4.90 Å². The Morgan fingerprint density at radius 3 is 2.55 bits per heavy atom. The van der Waals surface area contributed by atoms with Gasteiger partial charge in [0.2, 0.25) is 15.9 Å². The molecule has 0 fully saturated rings. The number of hydrazone groups is 1. The van der Waals surface area contributed by atoms with Crippen LogP contribution in [-0.4, -0.2) is 25.1 Å². The number of anilines is 1. The predicted octanol–water partition coefficient (Wildman–Crippen LogP) is 0.222. The normalized spacial score (nSPS) is 15.5. The van der Waals surface area contributed by atoms with Gasteiger partial charge in [-0.25, -0.2) is 18.5 Å². The highest BCUT2D eigenvalue weighted by atomic mass is 32.2. The maximum absolute atomic E-state index is 11.2. The van der Waals surface area contributed by atoms with Crippen molar-refractivity contribution < 1.29 is 8.42 Å². The number of nitrogens with two attached hydrogens (primary N) is 2. The van der Waals surface area contributed by atoms with E-state index in [4.69, 9.17) is 10.9 Å². The highest BCUT2D eigenvalue weighted by Crippen LogP contribution is 2.16. The molecule has 1 aromatic heterocycles. The lowest BCUT2D eigenvalue weighted by Gasteiger charge is -2.03. The summed E-state index contributed by atoms with van der Waals surface area (Å²) in [5.41, 5.74) is 10.5. The van der Waals surface area contributed by atoms with E-state index in [1.165, 1.54) is 12.1 Å². The maximum atomic E-state index is 11.2. The quantitative estimate of drug-likeness (QED) is 0.696. The molecule has 0 radical (unpaired) electrons. The Morgan fingerprint density at radius 1 is 1.14 bits per heavy atom. The van der Waals surface area contributed by atoms with Gasteiger partial charge in [-0.2, -0.15) is 5.10 Å². The number of nitrogens with zero attached hydrogens (tertiary/aromatic N) is 3. The van der Waals surface area contributed by atoms with Crippen LogP contribution in [0.15, 0.2) is 57.6 Å². The minimum atomic E-state index is -3.71. The van der Waals surface area contributed by atoms with Gasteiger partial charge in [-0.3, -0.25) is 10.4 Å². The second-order valence-corrected chi connectivity index (χ2v) is 6.07. The average molecular weight is 316 g/mol. The summed E-state index contributed by atoms with van der Waals surface area (Å²) in [6.45, 7) is 0. The number of aliphatic imine (C=N–C) groups is 1. The number of hydrogen-bond acceptors (Lipinski definition) is 6. The van der Waals surface area contributed by atoms with Crippen LogP contribution < -0.4 is 16.3 Å². The molecule has 2 heterocycles. The van der Waals surface area contributed by atoms with E-state index in [9.17, 15) is 8.42 Å². The second-order valence-electron chi connectivity index (χ2n) is 4.51. The predicted molar refractivity (Wildman–Crippen MR) is 82.9 cm³/mol. The zero-order chi connectivity index (χ0) is 15.7. The molecule has 1 aliphatic rings. The van der Waals surface area contributed by atoms with E-state index < -0.39 is 10.0 Å². The summed E-state index contributed by atoms with van der Waals surface area (Å²) < 4.78 is 22.3. The summed E-state index contributed by atoms with van der Waals surface area (Å²) in [4.78, 5) is 8.35. The Bertz CT molecular complexity index is 887. The fourth-order valence-electron chi connectivity index (χ4n) is 1.93. The van der Waals surface area contributed by atoms with Gasteiger partial charge in [-0.05, 0) is 36.4 Å². The second kappa shape index (κ2) is 5.20. The van der Waals surface area contributed by atoms with Crippen LogP contribution in [-0.2, 0) is 10.0 Å². The van der Waals surface area contributed by atoms with Crippen LogP contribution in [0.2, 0.25) is 0 Å². The summed E-state index contributed by atoms with van der Waals surface area (Å²) in [6.07, 6.45) is 1.63. The minimum absolute atomic E-state index is 0.0286. The first kappa shape index (κ1) is 14.2. The number of benzene rings is 1. The molecule has 0 saturated carbocycles. The largest absolute Gasteiger partial charge is 0.383 e. The van der Waals surface area contributed by atoms with Gasteiger partial charge < -0.3 is 5.73 Å². The van der Waals surface area contributed by atoms with E-state index in [-0.39, 0.29) is 4.90 Å². The first-order valence-corrected chi connectivity index (χ1v) is 7.76. The van der Waals surface area contributed by atoms with Gasteiger partial charge in [0.05, 0.1) is 10.6 Å². The van der Waals surface area contributed by atoms with Crippen LogP contribution in [0.25, 0.3) is 0 Å². The summed E-state index contributed by atoms with van der Waals surface area (Å²) >= 11 is 0. The topological polar surface area (TPSA) is 136 Å². The third kappa shape index (κ3) is 2.67. The number of hydrogen-bond donors (Lipinski definition) is 3. The van der Waals surface area contributed by atoms with Crippen molar-refractivity contribution in [1.82, 2.24) is 4.98 Å². The lowest BCUT2D eigenvalue weighted by Crippen LogP contribution is -2.11. The molecule has 9 heteroatoms. The van der Waals surface area contributed by atoms with Gasteiger partial charge in [-0.1, -0.05) is 0 Å². The van der Waals surface area contributed by atoms with E-state index in [0.29, 0.717) is 23.1 Å². The molecule has 0 amide bonds. The molecule has 0 saturated heterocycles. The highest BCUT2D eigenvalue weighted by molar-refractivity contribution is 7.89. The van der Waals surface area contributed by atoms with Gasteiger partial charge >= 0.3 is 0 Å². The number of amidine groups is 2. The molecule has 8 nitrogen and oxygen atoms in total. The highest BCUT2D eigenvalue weighted by Gasteiger charge is 2.20. The van der Waals surface area contributed by atoms with Crippen molar-refractivity contribution in [2.75, 3.05) is 5.43 Å². The summed E-state index contributed by atoms with van der Waals surface area (Å²) in [6, 6.07) is 9.44. The van der Waals surface area contributed by atoms with E-state index in [0.717, 1.165) is 5.56 Å². The summed E-state index contributed by atoms with van der Waals surface area (Å²) in [7, 11) is -3.71. The number of fused-ring (bicyclic) bond motifs is 1. The molecule has 0 unspecified atom stereocenters. The van der Waals surface area contributed by atoms with Crippen LogP contribution in [0.3, 0.4) is 0 Å². The molecule has 3 rings (SSSR count). The minimum Gasteiger partial charge on any atom is -0.383 e. The van der Waals surface area contributed by atoms with E-state index >= 15 is 0 Å². The van der Waals surface area contributed by atoms with E-state index in [1.54, 1.807) is 24.4 Å². The molecule has 5 N–H and O–H groups in total. The van der Waals surface area contributed by atoms with Crippen molar-refractivity contribution in [3.05, 3.63) is 53.9 Å². The van der Waals surface area contributed by atoms with Crippen molar-refractivity contribution in [3.63, 3.8) is 0 Å². The van der Waals surface area contributed by atoms with E-state index in [2.05, 4.69) is 20.5 Å². The maximum Gasteiger partial charge on any atom is 0.238 e. The first-order chi connectivity index (χ1) is 10.4. The van der Waals surface area contributed by atoms with E-state index in [1.807, 2.05) is 6.07 Å². The van der Waals surface area contributed by atoms with Crippen LogP contribution >= 0.6 is 0 Å². The number of primary sulfonamides is 1. The molecule has 112 valence electrons. The Balaban J connectivity index is 1.84. The molecule has 0 aliphatic carbocycles. The lowest BCUT2D eigenvalue weighted by molar-refractivity contribution is 0.598. The molecular formula is C13H12N6O2S. The van der Waals surface area contributed by atoms with Crippen molar-refractivity contribution in [2.24, 2.45) is 21.0 Å². The molecular weight excluding hydrogens is 304 g/mol. The zero-order valence-electron chi connectivity index (χ0n) is 11.3. The molecule has 0 atom stereocenters. The van der Waals surface area contributed by atoms with Gasteiger partial charge in [0.15, 0.2) is 0 Å². The standard InChI is InChI=1S/C13H12N6O2S/c14-12-10-2-1-7-16-11(10)13(17-12)19-18-8-3-5-9(6-4-8)22(15,20)21/h1-7,18H,(H2,14,17,19)(H2,15,20,21). The molecule has 1 aliphatic heterocycles. The Labute approximate surface area is 126 Å². The molecule has 2 aromatic rings. The van der Waals surface area contributed by atoms with Gasteiger partial charge in [0.25, 0.3) is 0 Å². The molecule has 22 heavy (non-hydrogen) atoms. The Morgan fingerprint density at radius 2 is 1.86 bits per heavy atom. The third-order valence-electron chi connectivity index (χ3n) is 3.00. The SMILES string of the molecule is NC1=NC(=NNc2ccc(S(N)(=O)=O)cc2)c2ncccc21. The Kier molecular flexibility index (Phi) is 3.35. The van der Waals surface area contributed by atoms with Crippen LogP contribution in [0.4, 0.5) is 5.69 Å². The fourth-order valence-corrected chi connectivity index (χ4v) is 2.45. The van der Waals surface area contributed by atoms with Crippen molar-refractivity contribution in [3.8, 4) is 0 Å². The number of nitrogens with one attached hydrogen (secondary N) is 1. The zero-order valence-corrected chi connectivity index (χ0v) is 12.1. The van der Waals surface area contributed by atoms with Crippen LogP contribution in [0, 0.1) is 0 Å². The summed E-state index contributed by atoms with van der Waals surface area (Å²) in [5, 5.41) is 9.17. The van der Waals surface area contributed by atoms with Gasteiger partial charge in [0.1, 0.15) is 11.5 Å². The smallest absolute Gasteiger partial charge is 0.238 e. The summed E-state index contributed by atoms with van der Waals surface area (Å²) in [5.74, 6) is 0.719. The average Bonchev–Trinajstić information content (AvgIpc) is 2.82. The van der Waals surface area contributed by atoms with Crippen molar-refractivity contribution >= 4 is 27.4 Å². The first-order valence-electron chi connectivity index (χ1n) is 6.21. The fraction of sp³-hybridized carbons (Fsp3) is 0. The molecule has 0 bridgehead atoms. The third-order valence-corrected chi connectivity index (χ3v) is 3.92. The Hall–Kier alpha value is -2.78. The lowest BCUT2D eigenvalue weighted by atomic mass is 10.2.